The quantitative estimate of drug-likeness (QED) is 0.695. The molecule has 0 saturated carbocycles. The Morgan fingerprint density at radius 2 is 1.82 bits per heavy atom. The predicted molar refractivity (Wildman–Crippen MR) is 92.1 cm³/mol. The second-order valence-electron chi connectivity index (χ2n) is 5.28. The maximum Gasteiger partial charge on any atom is 0.174 e. The molecule has 0 amide bonds. The van der Waals surface area contributed by atoms with E-state index in [4.69, 9.17) is 4.99 Å². The first-order valence-electron chi connectivity index (χ1n) is 7.22. The third-order valence-corrected chi connectivity index (χ3v) is 4.63. The average Bonchev–Trinajstić information content (AvgIpc) is 3.13. The molecule has 2 heterocycles. The van der Waals surface area contributed by atoms with E-state index in [2.05, 4.69) is 52.9 Å². The molecular weight excluding hydrogens is 290 g/mol. The first kappa shape index (κ1) is 13.3. The zero-order chi connectivity index (χ0) is 14.9. The van der Waals surface area contributed by atoms with E-state index < -0.39 is 0 Å². The number of nitrogens with zero attached hydrogens (tertiary/aromatic N) is 3. The van der Waals surface area contributed by atoms with E-state index in [0.29, 0.717) is 0 Å². The van der Waals surface area contributed by atoms with Crippen LogP contribution >= 0.6 is 11.8 Å². The topological polar surface area (TPSA) is 30.2 Å². The lowest BCUT2D eigenvalue weighted by Gasteiger charge is -2.07. The minimum atomic E-state index is 0.858. The number of fused-ring (bicyclic) bond motifs is 1. The lowest BCUT2D eigenvalue weighted by molar-refractivity contribution is 0.965. The van der Waals surface area contributed by atoms with Crippen LogP contribution in [0.1, 0.15) is 5.56 Å². The van der Waals surface area contributed by atoms with Gasteiger partial charge in [-0.3, -0.25) is 4.57 Å². The minimum Gasteiger partial charge on any atom is -0.274 e. The van der Waals surface area contributed by atoms with Crippen molar-refractivity contribution in [2.45, 2.75) is 12.1 Å². The van der Waals surface area contributed by atoms with Crippen molar-refractivity contribution >= 4 is 23.3 Å². The van der Waals surface area contributed by atoms with Gasteiger partial charge in [0.15, 0.2) is 5.16 Å². The fraction of sp³-hybridized carbons (Fsp3) is 0.111. The Bertz CT molecular complexity index is 833. The van der Waals surface area contributed by atoms with Gasteiger partial charge < -0.3 is 0 Å². The Kier molecular flexibility index (Phi) is 3.31. The molecule has 1 aliphatic rings. The molecule has 1 aromatic heterocycles. The lowest BCUT2D eigenvalue weighted by Crippen LogP contribution is -2.10. The van der Waals surface area contributed by atoms with Crippen LogP contribution < -0.4 is 0 Å². The summed E-state index contributed by atoms with van der Waals surface area (Å²) in [5.74, 6) is 1.90. The van der Waals surface area contributed by atoms with Gasteiger partial charge in [-0.05, 0) is 19.1 Å². The Balaban J connectivity index is 1.79. The summed E-state index contributed by atoms with van der Waals surface area (Å²) in [4.78, 5) is 9.34. The fourth-order valence-electron chi connectivity index (χ4n) is 2.54. The van der Waals surface area contributed by atoms with Crippen molar-refractivity contribution in [1.29, 1.82) is 0 Å². The van der Waals surface area contributed by atoms with Crippen molar-refractivity contribution in [3.05, 3.63) is 66.4 Å². The Labute approximate surface area is 133 Å². The monoisotopic (exact) mass is 305 g/mol. The minimum absolute atomic E-state index is 0.858. The van der Waals surface area contributed by atoms with Gasteiger partial charge in [-0.15, -0.1) is 0 Å². The molecule has 2 aromatic carbocycles. The van der Waals surface area contributed by atoms with Crippen LogP contribution in [0.5, 0.6) is 0 Å². The molecule has 108 valence electrons. The van der Waals surface area contributed by atoms with Gasteiger partial charge in [0.1, 0.15) is 5.84 Å². The molecule has 4 rings (SSSR count). The highest BCUT2D eigenvalue weighted by molar-refractivity contribution is 8.00. The molecule has 0 atom stereocenters. The number of aliphatic imine (C=N–C) groups is 1. The van der Waals surface area contributed by atoms with E-state index in [1.54, 1.807) is 11.8 Å². The highest BCUT2D eigenvalue weighted by Gasteiger charge is 2.23. The second-order valence-corrected chi connectivity index (χ2v) is 6.22. The van der Waals surface area contributed by atoms with E-state index in [0.717, 1.165) is 28.1 Å². The number of hydrogen-bond acceptors (Lipinski definition) is 3. The van der Waals surface area contributed by atoms with Crippen molar-refractivity contribution < 1.29 is 0 Å². The number of hydrogen-bond donors (Lipinski definition) is 0. The van der Waals surface area contributed by atoms with E-state index in [1.165, 1.54) is 11.1 Å². The molecule has 22 heavy (non-hydrogen) atoms. The summed E-state index contributed by atoms with van der Waals surface area (Å²) in [6.45, 7) is 2.09. The molecule has 0 N–H and O–H groups in total. The van der Waals surface area contributed by atoms with E-state index in [-0.39, 0.29) is 0 Å². The molecule has 3 nitrogen and oxygen atoms in total. The highest BCUT2D eigenvalue weighted by Crippen LogP contribution is 2.32. The maximum atomic E-state index is 4.82. The average molecular weight is 305 g/mol. The zero-order valence-corrected chi connectivity index (χ0v) is 13.0. The number of thioether (sulfide) groups is 1. The lowest BCUT2D eigenvalue weighted by atomic mass is 10.2. The first-order valence-corrected chi connectivity index (χ1v) is 8.20. The van der Waals surface area contributed by atoms with Crippen LogP contribution in [0.25, 0.3) is 11.3 Å². The molecule has 0 saturated heterocycles. The molecule has 0 aliphatic carbocycles. The molecule has 0 bridgehead atoms. The van der Waals surface area contributed by atoms with Gasteiger partial charge in [-0.1, -0.05) is 59.8 Å². The largest absolute Gasteiger partial charge is 0.274 e. The van der Waals surface area contributed by atoms with Crippen LogP contribution in [-0.2, 0) is 0 Å². The van der Waals surface area contributed by atoms with Crippen molar-refractivity contribution in [3.63, 3.8) is 0 Å². The van der Waals surface area contributed by atoms with Gasteiger partial charge >= 0.3 is 0 Å². The summed E-state index contributed by atoms with van der Waals surface area (Å²) in [7, 11) is 0. The van der Waals surface area contributed by atoms with E-state index in [9.17, 15) is 0 Å². The Hall–Kier alpha value is -2.33. The van der Waals surface area contributed by atoms with Crippen LogP contribution in [0.15, 0.2) is 70.9 Å². The van der Waals surface area contributed by atoms with Crippen LogP contribution in [-0.4, -0.2) is 21.1 Å². The number of rotatable bonds is 2. The Morgan fingerprint density at radius 3 is 2.59 bits per heavy atom. The van der Waals surface area contributed by atoms with Crippen LogP contribution in [0.2, 0.25) is 0 Å². The van der Waals surface area contributed by atoms with Gasteiger partial charge in [0, 0.05) is 5.56 Å². The van der Waals surface area contributed by atoms with E-state index >= 15 is 0 Å². The third-order valence-electron chi connectivity index (χ3n) is 3.68. The maximum absolute atomic E-state index is 4.82. The normalized spacial score (nSPS) is 15.2. The third kappa shape index (κ3) is 2.35. The summed E-state index contributed by atoms with van der Waals surface area (Å²) in [5, 5.41) is 1.02. The van der Waals surface area contributed by atoms with Crippen molar-refractivity contribution in [2.24, 2.45) is 4.99 Å². The van der Waals surface area contributed by atoms with Gasteiger partial charge in [0.05, 0.1) is 23.3 Å². The number of aryl methyl sites for hydroxylation is 1. The molecule has 0 unspecified atom stereocenters. The van der Waals surface area contributed by atoms with Gasteiger partial charge in [0.2, 0.25) is 0 Å². The summed E-state index contributed by atoms with van der Waals surface area (Å²) >= 11 is 1.73. The summed E-state index contributed by atoms with van der Waals surface area (Å²) in [6.07, 6.45) is 1.93. The Morgan fingerprint density at radius 1 is 1.05 bits per heavy atom. The van der Waals surface area contributed by atoms with Crippen LogP contribution in [0.4, 0.5) is 5.69 Å². The molecule has 1 aliphatic heterocycles. The molecule has 4 heteroatoms. The zero-order valence-electron chi connectivity index (χ0n) is 12.2. The number of aromatic nitrogens is 2. The van der Waals surface area contributed by atoms with Gasteiger partial charge in [-0.2, -0.15) is 0 Å². The summed E-state index contributed by atoms with van der Waals surface area (Å²) < 4.78 is 2.17. The SMILES string of the molecule is Cc1ccc(N=C2CSc3ncc(-c4ccccc4)n32)cc1. The smallest absolute Gasteiger partial charge is 0.174 e. The number of imidazole rings is 1. The van der Waals surface area contributed by atoms with Crippen molar-refractivity contribution in [2.75, 3.05) is 5.75 Å². The summed E-state index contributed by atoms with van der Waals surface area (Å²) in [5.41, 5.74) is 4.51. The standard InChI is InChI=1S/C18H15N3S/c1-13-7-9-15(10-8-13)20-17-12-22-18-19-11-16(21(17)18)14-5-3-2-4-6-14/h2-11H,12H2,1H3. The highest BCUT2D eigenvalue weighted by atomic mass is 32.2. The first-order chi connectivity index (χ1) is 10.8. The summed E-state index contributed by atoms with van der Waals surface area (Å²) in [6, 6.07) is 18.6. The molecule has 0 fully saturated rings. The second kappa shape index (κ2) is 5.46. The molecular formula is C18H15N3S. The molecule has 3 aromatic rings. The van der Waals surface area contributed by atoms with Gasteiger partial charge in [-0.25, -0.2) is 9.98 Å². The fourth-order valence-corrected chi connectivity index (χ4v) is 3.45. The van der Waals surface area contributed by atoms with E-state index in [1.807, 2.05) is 24.4 Å². The number of benzene rings is 2. The van der Waals surface area contributed by atoms with Crippen LogP contribution in [0, 0.1) is 6.92 Å². The van der Waals surface area contributed by atoms with Crippen LogP contribution in [0.3, 0.4) is 0 Å². The predicted octanol–water partition coefficient (Wildman–Crippen LogP) is 4.54. The molecule has 0 radical (unpaired) electrons. The van der Waals surface area contributed by atoms with Gasteiger partial charge in [0.25, 0.3) is 0 Å². The molecule has 0 spiro atoms. The van der Waals surface area contributed by atoms with Crippen molar-refractivity contribution in [1.82, 2.24) is 9.55 Å². The van der Waals surface area contributed by atoms with Crippen molar-refractivity contribution in [3.8, 4) is 11.3 Å².